The number of anilines is 1. The number of carbonyl (C=O) groups excluding carboxylic acids is 2. The van der Waals surface area contributed by atoms with Crippen LogP contribution in [0.1, 0.15) is 42.5 Å². The molecular weight excluding hydrogens is 252 g/mol. The van der Waals surface area contributed by atoms with Gasteiger partial charge in [-0.2, -0.15) is 0 Å². The summed E-state index contributed by atoms with van der Waals surface area (Å²) in [5.74, 6) is 0.425. The van der Waals surface area contributed by atoms with Gasteiger partial charge in [-0.15, -0.1) is 0 Å². The van der Waals surface area contributed by atoms with Crippen LogP contribution in [0.4, 0.5) is 5.69 Å². The van der Waals surface area contributed by atoms with E-state index in [0.29, 0.717) is 23.7 Å². The summed E-state index contributed by atoms with van der Waals surface area (Å²) in [6.07, 6.45) is 6.14. The van der Waals surface area contributed by atoms with Crippen molar-refractivity contribution in [2.75, 3.05) is 18.4 Å². The minimum atomic E-state index is -0.0980. The zero-order valence-corrected chi connectivity index (χ0v) is 11.6. The molecule has 3 rings (SSSR count). The Morgan fingerprint density at radius 2 is 1.85 bits per heavy atom. The summed E-state index contributed by atoms with van der Waals surface area (Å²) in [4.78, 5) is 26.2. The van der Waals surface area contributed by atoms with Crippen molar-refractivity contribution in [3.05, 3.63) is 29.8 Å². The summed E-state index contributed by atoms with van der Waals surface area (Å²) >= 11 is 0. The third-order valence-electron chi connectivity index (χ3n) is 4.26. The maximum absolute atomic E-state index is 12.6. The predicted octanol–water partition coefficient (Wildman–Crippen LogP) is 2.66. The van der Waals surface area contributed by atoms with Crippen LogP contribution in [-0.2, 0) is 4.79 Å². The number of rotatable bonds is 2. The number of hydrogen-bond acceptors (Lipinski definition) is 2. The van der Waals surface area contributed by atoms with Gasteiger partial charge in [0.05, 0.1) is 11.3 Å². The molecule has 1 aromatic carbocycles. The van der Waals surface area contributed by atoms with Crippen molar-refractivity contribution in [2.24, 2.45) is 5.92 Å². The Bertz CT molecular complexity index is 521. The molecule has 1 aromatic rings. The Balaban J connectivity index is 1.80. The lowest BCUT2D eigenvalue weighted by molar-refractivity contribution is -0.116. The molecule has 20 heavy (non-hydrogen) atoms. The van der Waals surface area contributed by atoms with Gasteiger partial charge in [0.1, 0.15) is 6.54 Å². The quantitative estimate of drug-likeness (QED) is 0.899. The molecule has 0 saturated heterocycles. The second-order valence-electron chi connectivity index (χ2n) is 5.78. The van der Waals surface area contributed by atoms with Crippen LogP contribution in [0.15, 0.2) is 24.3 Å². The second-order valence-corrected chi connectivity index (χ2v) is 5.78. The highest BCUT2D eigenvalue weighted by atomic mass is 16.2. The zero-order chi connectivity index (χ0) is 13.9. The summed E-state index contributed by atoms with van der Waals surface area (Å²) < 4.78 is 0. The first-order valence-electron chi connectivity index (χ1n) is 7.42. The Hall–Kier alpha value is -1.84. The second kappa shape index (κ2) is 5.65. The molecule has 0 bridgehead atoms. The SMILES string of the molecule is O=C1CN(CC2CCCCC2)C(=O)c2ccccc2N1. The maximum Gasteiger partial charge on any atom is 0.256 e. The molecule has 4 heteroatoms. The average molecular weight is 272 g/mol. The first kappa shape index (κ1) is 13.2. The number of para-hydroxylation sites is 1. The number of carbonyl (C=O) groups is 2. The Morgan fingerprint density at radius 3 is 2.65 bits per heavy atom. The van der Waals surface area contributed by atoms with E-state index in [4.69, 9.17) is 0 Å². The number of benzene rings is 1. The van der Waals surface area contributed by atoms with Crippen LogP contribution < -0.4 is 5.32 Å². The lowest BCUT2D eigenvalue weighted by Crippen LogP contribution is -2.39. The van der Waals surface area contributed by atoms with Crippen LogP contribution in [0, 0.1) is 5.92 Å². The highest BCUT2D eigenvalue weighted by molar-refractivity contribution is 6.08. The Labute approximate surface area is 119 Å². The monoisotopic (exact) mass is 272 g/mol. The summed E-state index contributed by atoms with van der Waals surface area (Å²) in [6, 6.07) is 7.25. The van der Waals surface area contributed by atoms with Crippen molar-refractivity contribution in [1.82, 2.24) is 4.90 Å². The van der Waals surface area contributed by atoms with Gasteiger partial charge in [0, 0.05) is 6.54 Å². The topological polar surface area (TPSA) is 49.4 Å². The minimum absolute atomic E-state index is 0.0236. The fourth-order valence-electron chi connectivity index (χ4n) is 3.21. The molecule has 0 unspecified atom stereocenters. The maximum atomic E-state index is 12.6. The minimum Gasteiger partial charge on any atom is -0.329 e. The van der Waals surface area contributed by atoms with Gasteiger partial charge in [0.15, 0.2) is 0 Å². The molecule has 0 atom stereocenters. The van der Waals surface area contributed by atoms with Crippen LogP contribution in [0.25, 0.3) is 0 Å². The zero-order valence-electron chi connectivity index (χ0n) is 11.6. The molecule has 2 amide bonds. The van der Waals surface area contributed by atoms with E-state index in [2.05, 4.69) is 5.32 Å². The van der Waals surface area contributed by atoms with E-state index < -0.39 is 0 Å². The van der Waals surface area contributed by atoms with Crippen molar-refractivity contribution in [3.8, 4) is 0 Å². The van der Waals surface area contributed by atoms with E-state index in [1.807, 2.05) is 12.1 Å². The number of amides is 2. The summed E-state index contributed by atoms with van der Waals surface area (Å²) in [5, 5.41) is 2.82. The first-order valence-corrected chi connectivity index (χ1v) is 7.42. The van der Waals surface area contributed by atoms with Crippen LogP contribution >= 0.6 is 0 Å². The molecule has 0 radical (unpaired) electrons. The number of hydrogen-bond donors (Lipinski definition) is 1. The number of nitrogens with one attached hydrogen (secondary N) is 1. The van der Waals surface area contributed by atoms with Gasteiger partial charge in [-0.05, 0) is 30.9 Å². The van der Waals surface area contributed by atoms with Crippen LogP contribution in [0.2, 0.25) is 0 Å². The molecule has 0 aromatic heterocycles. The van der Waals surface area contributed by atoms with Crippen molar-refractivity contribution in [1.29, 1.82) is 0 Å². The normalized spacial score (nSPS) is 20.3. The number of nitrogens with zero attached hydrogens (tertiary/aromatic N) is 1. The van der Waals surface area contributed by atoms with Gasteiger partial charge in [-0.3, -0.25) is 9.59 Å². The van der Waals surface area contributed by atoms with E-state index in [-0.39, 0.29) is 18.4 Å². The molecular formula is C16H20N2O2. The Morgan fingerprint density at radius 1 is 1.10 bits per heavy atom. The highest BCUT2D eigenvalue weighted by Crippen LogP contribution is 2.26. The van der Waals surface area contributed by atoms with Gasteiger partial charge in [0.2, 0.25) is 5.91 Å². The van der Waals surface area contributed by atoms with Crippen molar-refractivity contribution in [2.45, 2.75) is 32.1 Å². The molecule has 4 nitrogen and oxygen atoms in total. The van der Waals surface area contributed by atoms with Gasteiger partial charge in [-0.1, -0.05) is 31.4 Å². The molecule has 106 valence electrons. The van der Waals surface area contributed by atoms with E-state index in [9.17, 15) is 9.59 Å². The molecule has 1 aliphatic carbocycles. The van der Waals surface area contributed by atoms with E-state index >= 15 is 0 Å². The summed E-state index contributed by atoms with van der Waals surface area (Å²) in [7, 11) is 0. The smallest absolute Gasteiger partial charge is 0.256 e. The van der Waals surface area contributed by atoms with Gasteiger partial charge >= 0.3 is 0 Å². The van der Waals surface area contributed by atoms with Crippen LogP contribution in [-0.4, -0.2) is 29.8 Å². The van der Waals surface area contributed by atoms with Crippen molar-refractivity contribution in [3.63, 3.8) is 0 Å². The van der Waals surface area contributed by atoms with Gasteiger partial charge < -0.3 is 10.2 Å². The van der Waals surface area contributed by atoms with Gasteiger partial charge in [-0.25, -0.2) is 0 Å². The third-order valence-corrected chi connectivity index (χ3v) is 4.26. The molecule has 1 aliphatic heterocycles. The third kappa shape index (κ3) is 2.69. The number of fused-ring (bicyclic) bond motifs is 1. The molecule has 1 heterocycles. The molecule has 1 N–H and O–H groups in total. The van der Waals surface area contributed by atoms with E-state index in [0.717, 1.165) is 0 Å². The molecule has 1 fully saturated rings. The summed E-state index contributed by atoms with van der Waals surface area (Å²) in [6.45, 7) is 0.880. The first-order chi connectivity index (χ1) is 9.74. The lowest BCUT2D eigenvalue weighted by Gasteiger charge is -2.28. The van der Waals surface area contributed by atoms with Crippen molar-refractivity contribution >= 4 is 17.5 Å². The average Bonchev–Trinajstić information content (AvgIpc) is 2.58. The fourth-order valence-corrected chi connectivity index (χ4v) is 3.21. The van der Waals surface area contributed by atoms with E-state index in [1.165, 1.54) is 32.1 Å². The Kier molecular flexibility index (Phi) is 3.72. The molecule has 0 spiro atoms. The summed E-state index contributed by atoms with van der Waals surface area (Å²) in [5.41, 5.74) is 1.24. The van der Waals surface area contributed by atoms with Gasteiger partial charge in [0.25, 0.3) is 5.91 Å². The van der Waals surface area contributed by atoms with Crippen LogP contribution in [0.5, 0.6) is 0 Å². The fraction of sp³-hybridized carbons (Fsp3) is 0.500. The predicted molar refractivity (Wildman–Crippen MR) is 77.6 cm³/mol. The molecule has 1 saturated carbocycles. The van der Waals surface area contributed by atoms with E-state index in [1.54, 1.807) is 17.0 Å². The molecule has 2 aliphatic rings. The lowest BCUT2D eigenvalue weighted by atomic mass is 9.89. The van der Waals surface area contributed by atoms with Crippen LogP contribution in [0.3, 0.4) is 0 Å². The largest absolute Gasteiger partial charge is 0.329 e. The standard InChI is InChI=1S/C16H20N2O2/c19-15-11-18(10-12-6-2-1-3-7-12)16(20)13-8-4-5-9-14(13)17-15/h4-5,8-9,12H,1-3,6-7,10-11H2,(H,17,19). The highest BCUT2D eigenvalue weighted by Gasteiger charge is 2.28. The van der Waals surface area contributed by atoms with Crippen molar-refractivity contribution < 1.29 is 9.59 Å².